The van der Waals surface area contributed by atoms with Crippen LogP contribution >= 0.6 is 0 Å². The predicted molar refractivity (Wildman–Crippen MR) is 153 cm³/mol. The molecule has 43 heavy (non-hydrogen) atoms. The summed E-state index contributed by atoms with van der Waals surface area (Å²) in [6, 6.07) is 6.23. The lowest BCUT2D eigenvalue weighted by atomic mass is 9.43. The molecule has 1 heterocycles. The van der Waals surface area contributed by atoms with Gasteiger partial charge in [-0.2, -0.15) is 0 Å². The highest BCUT2D eigenvalue weighted by molar-refractivity contribution is 6.00. The highest BCUT2D eigenvalue weighted by Crippen LogP contribution is 2.80. The van der Waals surface area contributed by atoms with Gasteiger partial charge in [0, 0.05) is 64.4 Å². The normalized spacial score (nSPS) is 49.1. The Bertz CT molecular complexity index is 1340. The number of carbonyl (C=O) groups is 2. The van der Waals surface area contributed by atoms with Crippen LogP contribution in [0.25, 0.3) is 0 Å². The minimum absolute atomic E-state index is 0.0723. The average Bonchev–Trinajstić information content (AvgIpc) is 3.36. The third kappa shape index (κ3) is 3.24. The van der Waals surface area contributed by atoms with Crippen LogP contribution in [0.3, 0.4) is 0 Å². The first-order valence-corrected chi connectivity index (χ1v) is 15.5. The summed E-state index contributed by atoms with van der Waals surface area (Å²) in [5.41, 5.74) is -6.72. The molecule has 6 aliphatic rings. The van der Waals surface area contributed by atoms with Crippen LogP contribution in [0.4, 0.5) is 5.69 Å². The molecule has 1 spiro atoms. The third-order valence-corrected chi connectivity index (χ3v) is 12.7. The van der Waals surface area contributed by atoms with Gasteiger partial charge in [0.05, 0.1) is 35.6 Å². The standard InChI is InChI=1S/C32H44N2O9/c1-6-34-16-28(43-26(36)18-9-7-8-10-20(18)33-17(2)35)12-11-24(41-4)31-22-13-19-21(40-3)14-30(38,32(22,39)25(19)42-5)29(37,27(31)34)15-23(28)31/h7-10,19,21-25,27,37-39H,6,11-16H2,1-5H3,(H,33,35)/t19-,21+,22+,23-,24-,25+,27-,28-,29-,30+,31-,32+/m1/s1. The summed E-state index contributed by atoms with van der Waals surface area (Å²) < 4.78 is 24.8. The van der Waals surface area contributed by atoms with Crippen LogP contribution in [-0.2, 0) is 23.7 Å². The van der Waals surface area contributed by atoms with Gasteiger partial charge in [0.1, 0.15) is 22.4 Å². The number of aliphatic hydroxyl groups is 3. The van der Waals surface area contributed by atoms with E-state index in [9.17, 15) is 24.9 Å². The molecule has 5 aliphatic carbocycles. The number of hydrogen-bond donors (Lipinski definition) is 4. The van der Waals surface area contributed by atoms with Crippen molar-refractivity contribution in [3.05, 3.63) is 29.8 Å². The Hall–Kier alpha value is -2.12. The summed E-state index contributed by atoms with van der Waals surface area (Å²) in [6.45, 7) is 4.30. The number of benzene rings is 1. The molecular weight excluding hydrogens is 556 g/mol. The summed E-state index contributed by atoms with van der Waals surface area (Å²) in [7, 11) is 4.82. The van der Waals surface area contributed by atoms with Crippen LogP contribution in [-0.4, -0.2) is 113 Å². The first-order chi connectivity index (χ1) is 20.4. The molecule has 11 heteroatoms. The first kappa shape index (κ1) is 29.6. The lowest BCUT2D eigenvalue weighted by Crippen LogP contribution is -2.87. The van der Waals surface area contributed by atoms with E-state index in [2.05, 4.69) is 10.2 Å². The second kappa shape index (κ2) is 9.45. The molecule has 7 rings (SSSR count). The Morgan fingerprint density at radius 2 is 1.79 bits per heavy atom. The Balaban J connectivity index is 1.41. The SMILES string of the molecule is CCN1C[C@]2(OC(=O)c3ccccc3NC(C)=O)CC[C@@H](OC)[C@@]34[C@@H]2C[C@@](O)([C@@H]13)[C@@]1(O)C[C@H](OC)[C@H]2C[C@@H]4[C@]1(O)[C@H]2OC. The summed E-state index contributed by atoms with van der Waals surface area (Å²) in [5, 5.41) is 41.5. The maximum atomic E-state index is 14.0. The van der Waals surface area contributed by atoms with Crippen molar-refractivity contribution < 1.29 is 43.9 Å². The molecule has 236 valence electrons. The fourth-order valence-electron chi connectivity index (χ4n) is 11.6. The number of hydrogen-bond acceptors (Lipinski definition) is 10. The molecule has 12 atom stereocenters. The van der Waals surface area contributed by atoms with E-state index in [0.29, 0.717) is 38.0 Å². The topological polar surface area (TPSA) is 147 Å². The maximum Gasteiger partial charge on any atom is 0.340 e. The molecule has 1 amide bonds. The van der Waals surface area contributed by atoms with Gasteiger partial charge < -0.3 is 39.6 Å². The number of likely N-dealkylation sites (N-methyl/N-ethyl adjacent to an activating group) is 1. The van der Waals surface area contributed by atoms with E-state index < -0.39 is 63.9 Å². The number of rotatable bonds is 7. The molecule has 0 unspecified atom stereocenters. The number of likely N-dealkylation sites (tertiary alicyclic amines) is 1. The van der Waals surface area contributed by atoms with E-state index in [1.165, 1.54) is 6.92 Å². The minimum Gasteiger partial charge on any atom is -0.454 e. The van der Waals surface area contributed by atoms with E-state index in [-0.39, 0.29) is 36.3 Å². The summed E-state index contributed by atoms with van der Waals surface area (Å²) >= 11 is 0. The maximum absolute atomic E-state index is 14.0. The number of amides is 1. The number of esters is 1. The second-order valence-corrected chi connectivity index (χ2v) is 13.9. The van der Waals surface area contributed by atoms with Crippen molar-refractivity contribution in [3.8, 4) is 0 Å². The molecule has 1 aliphatic heterocycles. The summed E-state index contributed by atoms with van der Waals surface area (Å²) in [4.78, 5) is 28.1. The number of anilines is 1. The van der Waals surface area contributed by atoms with Gasteiger partial charge in [-0.3, -0.25) is 9.69 Å². The zero-order valence-corrected chi connectivity index (χ0v) is 25.5. The zero-order chi connectivity index (χ0) is 30.7. The van der Waals surface area contributed by atoms with Crippen molar-refractivity contribution in [2.45, 2.75) is 92.7 Å². The van der Waals surface area contributed by atoms with Gasteiger partial charge >= 0.3 is 5.97 Å². The molecule has 0 radical (unpaired) electrons. The van der Waals surface area contributed by atoms with Crippen LogP contribution in [0, 0.1) is 23.2 Å². The number of methoxy groups -OCH3 is 3. The van der Waals surface area contributed by atoms with Gasteiger partial charge in [-0.15, -0.1) is 0 Å². The predicted octanol–water partition coefficient (Wildman–Crippen LogP) is 1.34. The minimum atomic E-state index is -1.93. The fraction of sp³-hybridized carbons (Fsp3) is 0.750. The van der Waals surface area contributed by atoms with Crippen LogP contribution in [0.2, 0.25) is 0 Å². The number of carbonyl (C=O) groups excluding carboxylic acids is 2. The summed E-state index contributed by atoms with van der Waals surface area (Å²) in [6.07, 6.45) is 0.245. The van der Waals surface area contributed by atoms with E-state index in [0.717, 1.165) is 0 Å². The van der Waals surface area contributed by atoms with Crippen LogP contribution in [0.5, 0.6) is 0 Å². The molecule has 1 aromatic carbocycles. The Labute approximate surface area is 251 Å². The molecule has 1 saturated heterocycles. The highest BCUT2D eigenvalue weighted by atomic mass is 16.6. The highest BCUT2D eigenvalue weighted by Gasteiger charge is 2.93. The van der Waals surface area contributed by atoms with E-state index >= 15 is 0 Å². The van der Waals surface area contributed by atoms with Crippen LogP contribution < -0.4 is 5.32 Å². The molecular formula is C32H44N2O9. The quantitative estimate of drug-likeness (QED) is 0.338. The van der Waals surface area contributed by atoms with Crippen LogP contribution in [0.15, 0.2) is 24.3 Å². The lowest BCUT2D eigenvalue weighted by molar-refractivity contribution is -0.369. The van der Waals surface area contributed by atoms with Gasteiger partial charge in [0.25, 0.3) is 0 Å². The van der Waals surface area contributed by atoms with Gasteiger partial charge in [-0.25, -0.2) is 4.79 Å². The second-order valence-electron chi connectivity index (χ2n) is 13.9. The third-order valence-electron chi connectivity index (χ3n) is 12.7. The van der Waals surface area contributed by atoms with Crippen molar-refractivity contribution in [1.82, 2.24) is 4.90 Å². The Morgan fingerprint density at radius 3 is 2.44 bits per heavy atom. The number of nitrogens with one attached hydrogen (secondary N) is 1. The van der Waals surface area contributed by atoms with E-state index in [1.54, 1.807) is 45.6 Å². The van der Waals surface area contributed by atoms with Gasteiger partial charge in [0.15, 0.2) is 0 Å². The number of para-hydroxylation sites is 1. The summed E-state index contributed by atoms with van der Waals surface area (Å²) in [5.74, 6) is -1.97. The molecule has 7 bridgehead atoms. The monoisotopic (exact) mass is 600 g/mol. The smallest absolute Gasteiger partial charge is 0.340 e. The van der Waals surface area contributed by atoms with Crippen LogP contribution in [0.1, 0.15) is 56.3 Å². The lowest BCUT2D eigenvalue weighted by Gasteiger charge is -2.71. The number of ether oxygens (including phenoxy) is 4. The van der Waals surface area contributed by atoms with E-state index in [4.69, 9.17) is 18.9 Å². The largest absolute Gasteiger partial charge is 0.454 e. The molecule has 5 saturated carbocycles. The molecule has 0 aromatic heterocycles. The van der Waals surface area contributed by atoms with Crippen molar-refractivity contribution in [2.75, 3.05) is 39.7 Å². The number of piperidine rings is 1. The molecule has 1 aromatic rings. The zero-order valence-electron chi connectivity index (χ0n) is 25.5. The van der Waals surface area contributed by atoms with Crippen molar-refractivity contribution in [2.24, 2.45) is 23.2 Å². The van der Waals surface area contributed by atoms with Gasteiger partial charge in [0.2, 0.25) is 5.91 Å². The number of fused-ring (bicyclic) bond motifs is 2. The fourth-order valence-corrected chi connectivity index (χ4v) is 11.6. The van der Waals surface area contributed by atoms with Gasteiger partial charge in [-0.05, 0) is 44.4 Å². The number of nitrogens with zero attached hydrogens (tertiary/aromatic N) is 1. The van der Waals surface area contributed by atoms with Crippen molar-refractivity contribution in [1.29, 1.82) is 0 Å². The Morgan fingerprint density at radius 1 is 1.05 bits per heavy atom. The van der Waals surface area contributed by atoms with Crippen molar-refractivity contribution >= 4 is 17.6 Å². The molecule has 4 N–H and O–H groups in total. The first-order valence-electron chi connectivity index (χ1n) is 15.5. The van der Waals surface area contributed by atoms with E-state index in [1.807, 2.05) is 6.92 Å². The Kier molecular flexibility index (Phi) is 6.50. The molecule has 11 nitrogen and oxygen atoms in total. The van der Waals surface area contributed by atoms with Gasteiger partial charge in [-0.1, -0.05) is 19.1 Å². The van der Waals surface area contributed by atoms with Crippen molar-refractivity contribution in [3.63, 3.8) is 0 Å². The molecule has 6 fully saturated rings. The average molecular weight is 601 g/mol.